The zero-order valence-corrected chi connectivity index (χ0v) is 18.1. The molecule has 1 fully saturated rings. The topological polar surface area (TPSA) is 106 Å². The number of halogens is 2. The fourth-order valence-corrected chi connectivity index (χ4v) is 4.38. The van der Waals surface area contributed by atoms with Gasteiger partial charge in [-0.2, -0.15) is 4.98 Å². The Morgan fingerprint density at radius 2 is 2.27 bits per heavy atom. The smallest absolute Gasteiger partial charge is 0.351 e. The Kier molecular flexibility index (Phi) is 5.84. The van der Waals surface area contributed by atoms with Crippen LogP contribution in [0, 0.1) is 0 Å². The number of alkyl halides is 2. The van der Waals surface area contributed by atoms with Crippen LogP contribution in [0.4, 0.5) is 10.2 Å². The fraction of sp³-hybridized carbons (Fsp3) is 0.400. The summed E-state index contributed by atoms with van der Waals surface area (Å²) in [5.74, 6) is 1.05. The number of aryl methyl sites for hydroxylation is 1. The summed E-state index contributed by atoms with van der Waals surface area (Å²) in [7, 11) is 0. The lowest BCUT2D eigenvalue weighted by Crippen LogP contribution is -2.40. The molecule has 160 valence electrons. The fourth-order valence-electron chi connectivity index (χ4n) is 3.53. The third-order valence-corrected chi connectivity index (χ3v) is 6.36. The highest BCUT2D eigenvalue weighted by atomic mass is 127. The van der Waals surface area contributed by atoms with Gasteiger partial charge in [-0.15, -0.1) is 0 Å². The maximum absolute atomic E-state index is 14.9. The highest BCUT2D eigenvalue weighted by Crippen LogP contribution is 2.45. The normalized spacial score (nSPS) is 27.9. The van der Waals surface area contributed by atoms with E-state index < -0.39 is 34.4 Å². The monoisotopic (exact) mass is 529 g/mol. The molecule has 1 saturated heterocycles. The molecule has 2 unspecified atom stereocenters. The molecule has 4 rings (SSSR count). The summed E-state index contributed by atoms with van der Waals surface area (Å²) in [5, 5.41) is 22.2. The van der Waals surface area contributed by atoms with E-state index >= 15 is 0 Å². The molecule has 2 aromatic rings. The van der Waals surface area contributed by atoms with E-state index in [4.69, 9.17) is 9.47 Å². The molecule has 8 nitrogen and oxygen atoms in total. The van der Waals surface area contributed by atoms with Crippen LogP contribution in [0.1, 0.15) is 23.8 Å². The van der Waals surface area contributed by atoms with Crippen molar-refractivity contribution in [3.05, 3.63) is 58.7 Å². The van der Waals surface area contributed by atoms with Gasteiger partial charge in [0.2, 0.25) is 3.68 Å². The summed E-state index contributed by atoms with van der Waals surface area (Å²) in [6, 6.07) is 7.28. The lowest BCUT2D eigenvalue weighted by molar-refractivity contribution is -0.0499. The number of nitrogens with zero attached hydrogens (tertiary/aromatic N) is 2. The first kappa shape index (κ1) is 21.2. The Hall–Kier alpha value is -2.02. The van der Waals surface area contributed by atoms with Crippen LogP contribution < -0.4 is 15.7 Å². The number of ether oxygens (including phenoxy) is 2. The van der Waals surface area contributed by atoms with Crippen molar-refractivity contribution in [3.8, 4) is 5.75 Å². The number of nitrogens with one attached hydrogen (secondary N) is 1. The van der Waals surface area contributed by atoms with Crippen LogP contribution in [-0.4, -0.2) is 48.9 Å². The van der Waals surface area contributed by atoms with E-state index in [2.05, 4.69) is 16.9 Å². The van der Waals surface area contributed by atoms with Gasteiger partial charge in [-0.3, -0.25) is 4.57 Å². The molecule has 0 radical (unpaired) electrons. The Labute approximate surface area is 185 Å². The minimum Gasteiger partial charge on any atom is -0.493 e. The molecule has 10 heteroatoms. The van der Waals surface area contributed by atoms with E-state index in [9.17, 15) is 19.4 Å². The molecule has 2 aliphatic heterocycles. The van der Waals surface area contributed by atoms with Crippen molar-refractivity contribution in [2.45, 2.75) is 35.0 Å². The van der Waals surface area contributed by atoms with Gasteiger partial charge >= 0.3 is 5.69 Å². The van der Waals surface area contributed by atoms with Crippen LogP contribution in [0.15, 0.2) is 41.8 Å². The lowest BCUT2D eigenvalue weighted by atomic mass is 10.0. The van der Waals surface area contributed by atoms with Gasteiger partial charge in [-0.1, -0.05) is 18.7 Å². The minimum absolute atomic E-state index is 0.232. The van der Waals surface area contributed by atoms with Gasteiger partial charge < -0.3 is 25.0 Å². The maximum atomic E-state index is 14.9. The Balaban J connectivity index is 1.53. The Morgan fingerprint density at radius 1 is 1.47 bits per heavy atom. The molecular weight excluding hydrogens is 508 g/mol. The molecule has 1 aromatic carbocycles. The van der Waals surface area contributed by atoms with Crippen LogP contribution >= 0.6 is 22.6 Å². The second kappa shape index (κ2) is 8.25. The van der Waals surface area contributed by atoms with E-state index in [1.165, 1.54) is 34.9 Å². The highest BCUT2D eigenvalue weighted by Gasteiger charge is 2.56. The predicted octanol–water partition coefficient (Wildman–Crippen LogP) is 2.00. The molecule has 30 heavy (non-hydrogen) atoms. The van der Waals surface area contributed by atoms with E-state index in [1.807, 2.05) is 18.2 Å². The van der Waals surface area contributed by atoms with Crippen molar-refractivity contribution in [2.75, 3.05) is 18.5 Å². The number of hydrogen-bond acceptors (Lipinski definition) is 7. The first-order valence-corrected chi connectivity index (χ1v) is 10.5. The molecule has 3 N–H and O–H groups in total. The number of fused-ring (bicyclic) bond motifs is 1. The molecule has 0 saturated carbocycles. The number of benzene rings is 1. The summed E-state index contributed by atoms with van der Waals surface area (Å²) in [4.78, 5) is 16.4. The van der Waals surface area contributed by atoms with E-state index in [-0.39, 0.29) is 5.82 Å². The quantitative estimate of drug-likeness (QED) is 0.402. The molecule has 1 aromatic heterocycles. The van der Waals surface area contributed by atoms with Crippen LogP contribution in [0.3, 0.4) is 0 Å². The standard InChI is InChI=1S/C20H21FIN3O5/c1-11(13-5-4-12-3-2-8-29-14(12)9-13)23-16-6-7-25(19(28)24-16)18-20(21,22)17(27)15(10-26)30-18/h4-7,9,15,17-18,26-27H,1-3,8,10H2,(H,23,24,28)/t15-,17-,18?,20?/m1/s1. The maximum Gasteiger partial charge on any atom is 0.351 e. The average Bonchev–Trinajstić information content (AvgIpc) is 2.96. The second-order valence-corrected chi connectivity index (χ2v) is 8.86. The third kappa shape index (κ3) is 3.84. The van der Waals surface area contributed by atoms with Crippen molar-refractivity contribution in [2.24, 2.45) is 0 Å². The molecule has 0 bridgehead atoms. The zero-order chi connectivity index (χ0) is 21.5. The van der Waals surface area contributed by atoms with Gasteiger partial charge in [-0.05, 0) is 53.1 Å². The second-order valence-electron chi connectivity index (χ2n) is 7.21. The Bertz CT molecular complexity index is 1030. The van der Waals surface area contributed by atoms with Crippen LogP contribution in [0.5, 0.6) is 5.75 Å². The zero-order valence-electron chi connectivity index (χ0n) is 15.9. The van der Waals surface area contributed by atoms with E-state index in [1.54, 1.807) is 0 Å². The number of aliphatic hydroxyl groups excluding tert-OH is 2. The van der Waals surface area contributed by atoms with Gasteiger partial charge in [-0.25, -0.2) is 9.18 Å². The molecule has 0 spiro atoms. The Morgan fingerprint density at radius 3 is 2.97 bits per heavy atom. The summed E-state index contributed by atoms with van der Waals surface area (Å²) in [6.45, 7) is 4.10. The van der Waals surface area contributed by atoms with Gasteiger partial charge in [0.1, 0.15) is 23.8 Å². The third-order valence-electron chi connectivity index (χ3n) is 5.18. The predicted molar refractivity (Wildman–Crippen MR) is 116 cm³/mol. The van der Waals surface area contributed by atoms with Crippen molar-refractivity contribution in [1.82, 2.24) is 9.55 Å². The van der Waals surface area contributed by atoms with Gasteiger partial charge in [0.05, 0.1) is 13.2 Å². The molecule has 3 heterocycles. The van der Waals surface area contributed by atoms with Gasteiger partial charge in [0.15, 0.2) is 6.23 Å². The van der Waals surface area contributed by atoms with Crippen LogP contribution in [0.25, 0.3) is 5.70 Å². The summed E-state index contributed by atoms with van der Waals surface area (Å²) >= 11 is 1.38. The van der Waals surface area contributed by atoms with Crippen molar-refractivity contribution < 1.29 is 24.1 Å². The number of aliphatic hydroxyl groups is 2. The summed E-state index contributed by atoms with van der Waals surface area (Å²) in [5.41, 5.74) is 1.70. The van der Waals surface area contributed by atoms with E-state index in [0.717, 1.165) is 34.3 Å². The summed E-state index contributed by atoms with van der Waals surface area (Å²) in [6.07, 6.45) is -0.844. The average molecular weight is 529 g/mol. The number of aromatic nitrogens is 2. The van der Waals surface area contributed by atoms with Crippen LogP contribution in [-0.2, 0) is 11.2 Å². The van der Waals surface area contributed by atoms with Gasteiger partial charge in [0.25, 0.3) is 0 Å². The summed E-state index contributed by atoms with van der Waals surface area (Å²) < 4.78 is 24.6. The van der Waals surface area contributed by atoms with Crippen molar-refractivity contribution in [3.63, 3.8) is 0 Å². The number of rotatable bonds is 5. The first-order valence-electron chi connectivity index (χ1n) is 9.44. The molecule has 0 aliphatic carbocycles. The van der Waals surface area contributed by atoms with Crippen molar-refractivity contribution in [1.29, 1.82) is 0 Å². The minimum atomic E-state index is -2.29. The van der Waals surface area contributed by atoms with Gasteiger partial charge in [0, 0.05) is 17.5 Å². The largest absolute Gasteiger partial charge is 0.493 e. The molecule has 4 atom stereocenters. The van der Waals surface area contributed by atoms with E-state index in [0.29, 0.717) is 12.3 Å². The molecule has 2 aliphatic rings. The number of anilines is 1. The molecule has 0 amide bonds. The highest BCUT2D eigenvalue weighted by molar-refractivity contribution is 14.1. The number of hydrogen-bond donors (Lipinski definition) is 3. The first-order chi connectivity index (χ1) is 14.3. The lowest BCUT2D eigenvalue weighted by Gasteiger charge is -2.23. The van der Waals surface area contributed by atoms with Crippen LogP contribution in [0.2, 0.25) is 0 Å². The van der Waals surface area contributed by atoms with Crippen molar-refractivity contribution >= 4 is 34.1 Å². The molecular formula is C20H21FIN3O5. The SMILES string of the molecule is C=C(Nc1ccn(C2O[C@H](CO)[C@@H](O)C2(F)I)c(=O)n1)c1ccc2c(c1)OCCC2.